The van der Waals surface area contributed by atoms with Gasteiger partial charge in [-0.1, -0.05) is 5.16 Å². The van der Waals surface area contributed by atoms with Gasteiger partial charge in [-0.2, -0.15) is 4.31 Å². The topological polar surface area (TPSA) is 96.6 Å². The average molecular weight is 451 g/mol. The Bertz CT molecular complexity index is 1040. The van der Waals surface area contributed by atoms with Crippen LogP contribution in [0, 0.1) is 19.3 Å². The van der Waals surface area contributed by atoms with Crippen LogP contribution in [0.1, 0.15) is 41.1 Å². The quantitative estimate of drug-likeness (QED) is 0.661. The predicted molar refractivity (Wildman–Crippen MR) is 113 cm³/mol. The Morgan fingerprint density at radius 2 is 1.90 bits per heavy atom. The molecule has 30 heavy (non-hydrogen) atoms. The molecule has 0 saturated carbocycles. The minimum Gasteiger partial charge on any atom is -0.360 e. The summed E-state index contributed by atoms with van der Waals surface area (Å²) in [6.07, 6.45) is 6.00. The number of nitrogens with zero attached hydrogens (tertiary/aromatic N) is 4. The second-order valence-electron chi connectivity index (χ2n) is 8.09. The maximum absolute atomic E-state index is 13.1. The van der Waals surface area contributed by atoms with Gasteiger partial charge in [-0.15, -0.1) is 11.8 Å². The number of thioether (sulfide) groups is 1. The number of amides is 1. The fraction of sp³-hybridized carbons (Fsp3) is 0.550. The number of aryl methyl sites for hydroxylation is 2. The number of hydrogen-bond acceptors (Lipinski definition) is 7. The summed E-state index contributed by atoms with van der Waals surface area (Å²) in [4.78, 5) is 19.3. The third-order valence-electron chi connectivity index (χ3n) is 6.28. The van der Waals surface area contributed by atoms with E-state index in [0.717, 1.165) is 24.3 Å². The van der Waals surface area contributed by atoms with Crippen LogP contribution in [0.4, 0.5) is 0 Å². The largest absolute Gasteiger partial charge is 0.360 e. The van der Waals surface area contributed by atoms with Gasteiger partial charge >= 0.3 is 0 Å². The number of sulfonamides is 1. The van der Waals surface area contributed by atoms with E-state index in [-0.39, 0.29) is 16.2 Å². The molecule has 0 aliphatic carbocycles. The SMILES string of the molecule is CSc1ncccc1C(=O)N1CCC2(CC1)CCN(S(=O)(=O)c1c(C)noc1C)C2. The van der Waals surface area contributed by atoms with E-state index in [1.54, 1.807) is 30.4 Å². The van der Waals surface area contributed by atoms with E-state index in [2.05, 4.69) is 10.1 Å². The fourth-order valence-electron chi connectivity index (χ4n) is 4.55. The molecule has 0 aromatic carbocycles. The highest BCUT2D eigenvalue weighted by atomic mass is 32.2. The number of pyridine rings is 1. The molecule has 0 N–H and O–H groups in total. The van der Waals surface area contributed by atoms with Crippen LogP contribution in [-0.4, -0.2) is 66.1 Å². The summed E-state index contributed by atoms with van der Waals surface area (Å²) >= 11 is 1.47. The smallest absolute Gasteiger partial charge is 0.256 e. The normalized spacial score (nSPS) is 19.5. The minimum atomic E-state index is -3.63. The highest BCUT2D eigenvalue weighted by Crippen LogP contribution is 2.43. The van der Waals surface area contributed by atoms with Gasteiger partial charge in [0.2, 0.25) is 10.0 Å². The second-order valence-corrected chi connectivity index (χ2v) is 10.8. The van der Waals surface area contributed by atoms with Crippen molar-refractivity contribution in [2.75, 3.05) is 32.4 Å². The molecule has 0 unspecified atom stereocenters. The first kappa shape index (κ1) is 21.3. The van der Waals surface area contributed by atoms with Crippen molar-refractivity contribution >= 4 is 27.7 Å². The Morgan fingerprint density at radius 3 is 2.53 bits per heavy atom. The maximum Gasteiger partial charge on any atom is 0.256 e. The third kappa shape index (κ3) is 3.65. The van der Waals surface area contributed by atoms with E-state index in [0.29, 0.717) is 43.2 Å². The molecule has 2 saturated heterocycles. The zero-order chi connectivity index (χ0) is 21.5. The van der Waals surface area contributed by atoms with Gasteiger partial charge in [-0.05, 0) is 56.9 Å². The number of likely N-dealkylation sites (tertiary alicyclic amines) is 1. The lowest BCUT2D eigenvalue weighted by Gasteiger charge is -2.39. The molecule has 2 fully saturated rings. The number of piperidine rings is 1. The molecule has 1 amide bonds. The van der Waals surface area contributed by atoms with Crippen LogP contribution < -0.4 is 0 Å². The van der Waals surface area contributed by atoms with Crippen LogP contribution in [0.2, 0.25) is 0 Å². The van der Waals surface area contributed by atoms with Crippen LogP contribution in [0.15, 0.2) is 32.8 Å². The van der Waals surface area contributed by atoms with Crippen molar-refractivity contribution in [2.24, 2.45) is 5.41 Å². The molecule has 2 aromatic rings. The first-order valence-corrected chi connectivity index (χ1v) is 12.7. The van der Waals surface area contributed by atoms with E-state index in [1.807, 2.05) is 17.2 Å². The Balaban J connectivity index is 1.45. The van der Waals surface area contributed by atoms with Gasteiger partial charge in [0.15, 0.2) is 5.76 Å². The Morgan fingerprint density at radius 1 is 1.20 bits per heavy atom. The van der Waals surface area contributed by atoms with Crippen molar-refractivity contribution in [1.82, 2.24) is 19.3 Å². The van der Waals surface area contributed by atoms with Gasteiger partial charge in [-0.25, -0.2) is 13.4 Å². The number of hydrogen-bond donors (Lipinski definition) is 0. The highest BCUT2D eigenvalue weighted by Gasteiger charge is 2.46. The average Bonchev–Trinajstić information content (AvgIpc) is 3.32. The summed E-state index contributed by atoms with van der Waals surface area (Å²) in [7, 11) is -3.63. The van der Waals surface area contributed by atoms with Crippen molar-refractivity contribution in [3.63, 3.8) is 0 Å². The fourth-order valence-corrected chi connectivity index (χ4v) is 6.94. The maximum atomic E-state index is 13.1. The molecule has 10 heteroatoms. The zero-order valence-electron chi connectivity index (χ0n) is 17.4. The van der Waals surface area contributed by atoms with Gasteiger partial charge in [0, 0.05) is 32.4 Å². The van der Waals surface area contributed by atoms with Crippen LogP contribution in [-0.2, 0) is 10.0 Å². The molecule has 0 atom stereocenters. The summed E-state index contributed by atoms with van der Waals surface area (Å²) in [5.41, 5.74) is 0.949. The van der Waals surface area contributed by atoms with Crippen molar-refractivity contribution < 1.29 is 17.7 Å². The first-order valence-electron chi connectivity index (χ1n) is 9.99. The van der Waals surface area contributed by atoms with Crippen LogP contribution >= 0.6 is 11.8 Å². The Hall–Kier alpha value is -1.91. The molecule has 2 aliphatic rings. The van der Waals surface area contributed by atoms with Crippen LogP contribution in [0.5, 0.6) is 0 Å². The number of carbonyl (C=O) groups is 1. The van der Waals surface area contributed by atoms with Gasteiger partial charge in [0.1, 0.15) is 15.6 Å². The predicted octanol–water partition coefficient (Wildman–Crippen LogP) is 2.73. The highest BCUT2D eigenvalue weighted by molar-refractivity contribution is 7.98. The summed E-state index contributed by atoms with van der Waals surface area (Å²) in [6.45, 7) is 5.50. The molecule has 4 rings (SSSR count). The summed E-state index contributed by atoms with van der Waals surface area (Å²) < 4.78 is 32.9. The Labute approximate surface area is 181 Å². The molecule has 162 valence electrons. The lowest BCUT2D eigenvalue weighted by Crippen LogP contribution is -2.44. The van der Waals surface area contributed by atoms with Crippen LogP contribution in [0.25, 0.3) is 0 Å². The van der Waals surface area contributed by atoms with E-state index >= 15 is 0 Å². The summed E-state index contributed by atoms with van der Waals surface area (Å²) in [5.74, 6) is 0.329. The lowest BCUT2D eigenvalue weighted by atomic mass is 9.78. The molecule has 2 aliphatic heterocycles. The molecular formula is C20H26N4O4S2. The van der Waals surface area contributed by atoms with Crippen LogP contribution in [0.3, 0.4) is 0 Å². The molecule has 0 bridgehead atoms. The van der Waals surface area contributed by atoms with E-state index in [4.69, 9.17) is 4.52 Å². The third-order valence-corrected chi connectivity index (χ3v) is 9.08. The Kier molecular flexibility index (Phi) is 5.67. The van der Waals surface area contributed by atoms with Crippen molar-refractivity contribution in [1.29, 1.82) is 0 Å². The van der Waals surface area contributed by atoms with Crippen molar-refractivity contribution in [3.8, 4) is 0 Å². The van der Waals surface area contributed by atoms with Gasteiger partial charge < -0.3 is 9.42 Å². The lowest BCUT2D eigenvalue weighted by molar-refractivity contribution is 0.0595. The standard InChI is InChI=1S/C20H26N4O4S2/c1-14-17(15(2)28-22-14)30(26,27)24-12-8-20(13-24)6-10-23(11-7-20)19(25)16-5-4-9-21-18(16)29-3/h4-5,9H,6-8,10-13H2,1-3H3. The van der Waals surface area contributed by atoms with Gasteiger partial charge in [0.25, 0.3) is 5.91 Å². The molecule has 1 spiro atoms. The number of carbonyl (C=O) groups excluding carboxylic acids is 1. The summed E-state index contributed by atoms with van der Waals surface area (Å²) in [6, 6.07) is 3.60. The van der Waals surface area contributed by atoms with E-state index in [9.17, 15) is 13.2 Å². The molecule has 4 heterocycles. The second kappa shape index (κ2) is 7.97. The van der Waals surface area contributed by atoms with E-state index in [1.165, 1.54) is 11.8 Å². The van der Waals surface area contributed by atoms with E-state index < -0.39 is 10.0 Å². The number of rotatable bonds is 4. The summed E-state index contributed by atoms with van der Waals surface area (Å²) in [5, 5.41) is 4.53. The number of aromatic nitrogens is 2. The van der Waals surface area contributed by atoms with Crippen molar-refractivity contribution in [3.05, 3.63) is 35.3 Å². The molecule has 0 radical (unpaired) electrons. The molecular weight excluding hydrogens is 424 g/mol. The van der Waals surface area contributed by atoms with Gasteiger partial charge in [-0.3, -0.25) is 4.79 Å². The van der Waals surface area contributed by atoms with Crippen molar-refractivity contribution in [2.45, 2.75) is 43.0 Å². The zero-order valence-corrected chi connectivity index (χ0v) is 19.1. The first-order chi connectivity index (χ1) is 14.3. The molecule has 2 aromatic heterocycles. The van der Waals surface area contributed by atoms with Gasteiger partial charge in [0.05, 0.1) is 5.56 Å². The molecule has 8 nitrogen and oxygen atoms in total. The minimum absolute atomic E-state index is 0.000459. The monoisotopic (exact) mass is 450 g/mol.